The number of aliphatic hydroxyl groups is 2. The summed E-state index contributed by atoms with van der Waals surface area (Å²) in [4.78, 5) is 0. The van der Waals surface area contributed by atoms with E-state index in [2.05, 4.69) is 6.92 Å². The molecule has 1 unspecified atom stereocenters. The maximum atomic E-state index is 9.78. The SMILES string of the molecule is CC1CCC(CC2CCC(CC(O)[C@@H](C)O)CC2)CC1. The second-order valence-electron chi connectivity index (χ2n) is 7.79. The molecule has 2 nitrogen and oxygen atoms in total. The molecule has 0 aliphatic heterocycles. The van der Waals surface area contributed by atoms with Crippen molar-refractivity contribution in [2.45, 2.75) is 90.3 Å². The van der Waals surface area contributed by atoms with Gasteiger partial charge in [0.15, 0.2) is 0 Å². The van der Waals surface area contributed by atoms with E-state index in [9.17, 15) is 10.2 Å². The van der Waals surface area contributed by atoms with Crippen LogP contribution in [0.15, 0.2) is 0 Å². The molecule has 2 N–H and O–H groups in total. The van der Waals surface area contributed by atoms with E-state index in [1.165, 1.54) is 57.8 Å². The Morgan fingerprint density at radius 3 is 1.75 bits per heavy atom. The zero-order chi connectivity index (χ0) is 14.5. The lowest BCUT2D eigenvalue weighted by Gasteiger charge is -2.34. The molecule has 2 saturated carbocycles. The predicted octanol–water partition coefficient (Wildman–Crippen LogP) is 4.14. The Balaban J connectivity index is 1.64. The van der Waals surface area contributed by atoms with Gasteiger partial charge in [-0.15, -0.1) is 0 Å². The average Bonchev–Trinajstić information content (AvgIpc) is 2.43. The van der Waals surface area contributed by atoms with Crippen LogP contribution in [0.25, 0.3) is 0 Å². The third-order valence-electron chi connectivity index (χ3n) is 5.90. The van der Waals surface area contributed by atoms with E-state index in [1.807, 2.05) is 0 Å². The Labute approximate surface area is 125 Å². The maximum absolute atomic E-state index is 9.78. The van der Waals surface area contributed by atoms with Gasteiger partial charge in [0.05, 0.1) is 12.2 Å². The van der Waals surface area contributed by atoms with Crippen LogP contribution in [0.3, 0.4) is 0 Å². The van der Waals surface area contributed by atoms with Crippen LogP contribution in [0.5, 0.6) is 0 Å². The van der Waals surface area contributed by atoms with Crippen molar-refractivity contribution in [1.29, 1.82) is 0 Å². The predicted molar refractivity (Wildman–Crippen MR) is 83.5 cm³/mol. The van der Waals surface area contributed by atoms with Crippen LogP contribution in [-0.4, -0.2) is 22.4 Å². The summed E-state index contributed by atoms with van der Waals surface area (Å²) in [6.07, 6.45) is 12.2. The van der Waals surface area contributed by atoms with Crippen molar-refractivity contribution in [1.82, 2.24) is 0 Å². The fraction of sp³-hybridized carbons (Fsp3) is 1.00. The molecular weight excluding hydrogens is 248 g/mol. The molecule has 0 saturated heterocycles. The van der Waals surface area contributed by atoms with Crippen LogP contribution in [0.2, 0.25) is 0 Å². The summed E-state index contributed by atoms with van der Waals surface area (Å²) < 4.78 is 0. The molecule has 2 fully saturated rings. The molecule has 0 radical (unpaired) electrons. The van der Waals surface area contributed by atoms with Gasteiger partial charge in [-0.25, -0.2) is 0 Å². The summed E-state index contributed by atoms with van der Waals surface area (Å²) in [6.45, 7) is 4.09. The maximum Gasteiger partial charge on any atom is 0.0799 e. The summed E-state index contributed by atoms with van der Waals surface area (Å²) in [5.41, 5.74) is 0. The molecule has 2 rings (SSSR count). The first-order chi connectivity index (χ1) is 9.54. The van der Waals surface area contributed by atoms with Crippen LogP contribution in [0.1, 0.15) is 78.1 Å². The van der Waals surface area contributed by atoms with Crippen molar-refractivity contribution in [3.8, 4) is 0 Å². The van der Waals surface area contributed by atoms with Gasteiger partial charge in [-0.2, -0.15) is 0 Å². The molecule has 0 spiro atoms. The van der Waals surface area contributed by atoms with Gasteiger partial charge >= 0.3 is 0 Å². The largest absolute Gasteiger partial charge is 0.391 e. The average molecular weight is 282 g/mol. The van der Waals surface area contributed by atoms with Crippen molar-refractivity contribution in [3.05, 3.63) is 0 Å². The quantitative estimate of drug-likeness (QED) is 0.795. The molecule has 20 heavy (non-hydrogen) atoms. The standard InChI is InChI=1S/C18H34O2/c1-13-3-5-15(6-4-13)11-16-7-9-17(10-8-16)12-18(20)14(2)19/h13-20H,3-12H2,1-2H3/t13?,14-,15?,16?,17?,18?/m1/s1. The molecule has 0 bridgehead atoms. The van der Waals surface area contributed by atoms with Crippen LogP contribution in [0.4, 0.5) is 0 Å². The highest BCUT2D eigenvalue weighted by Gasteiger charge is 2.27. The van der Waals surface area contributed by atoms with Crippen LogP contribution in [-0.2, 0) is 0 Å². The highest BCUT2D eigenvalue weighted by molar-refractivity contribution is 4.79. The van der Waals surface area contributed by atoms with Crippen molar-refractivity contribution in [2.24, 2.45) is 23.7 Å². The lowest BCUT2D eigenvalue weighted by atomic mass is 9.72. The molecule has 0 aromatic carbocycles. The van der Waals surface area contributed by atoms with Crippen LogP contribution in [0, 0.1) is 23.7 Å². The van der Waals surface area contributed by atoms with Gasteiger partial charge in [-0.3, -0.25) is 0 Å². The molecular formula is C18H34O2. The number of hydrogen-bond donors (Lipinski definition) is 2. The highest BCUT2D eigenvalue weighted by atomic mass is 16.3. The van der Waals surface area contributed by atoms with Crippen molar-refractivity contribution in [2.75, 3.05) is 0 Å². The van der Waals surface area contributed by atoms with Gasteiger partial charge in [0.25, 0.3) is 0 Å². The van der Waals surface area contributed by atoms with E-state index < -0.39 is 12.2 Å². The minimum Gasteiger partial charge on any atom is -0.391 e. The zero-order valence-corrected chi connectivity index (χ0v) is 13.4. The first-order valence-corrected chi connectivity index (χ1v) is 8.90. The monoisotopic (exact) mass is 282 g/mol. The Bertz CT molecular complexity index is 261. The summed E-state index contributed by atoms with van der Waals surface area (Å²) in [5.74, 6) is 3.54. The molecule has 0 aromatic heterocycles. The van der Waals surface area contributed by atoms with E-state index in [1.54, 1.807) is 6.92 Å². The van der Waals surface area contributed by atoms with Gasteiger partial charge in [-0.05, 0) is 43.4 Å². The molecule has 0 amide bonds. The smallest absolute Gasteiger partial charge is 0.0799 e. The van der Waals surface area contributed by atoms with E-state index >= 15 is 0 Å². The third-order valence-corrected chi connectivity index (χ3v) is 5.90. The highest BCUT2D eigenvalue weighted by Crippen LogP contribution is 2.39. The van der Waals surface area contributed by atoms with Gasteiger partial charge in [0, 0.05) is 0 Å². The second-order valence-corrected chi connectivity index (χ2v) is 7.79. The fourth-order valence-electron chi connectivity index (χ4n) is 4.28. The second kappa shape index (κ2) is 7.79. The van der Waals surface area contributed by atoms with Crippen LogP contribution >= 0.6 is 0 Å². The minimum atomic E-state index is -0.572. The summed E-state index contributed by atoms with van der Waals surface area (Å²) >= 11 is 0. The number of rotatable bonds is 5. The fourth-order valence-corrected chi connectivity index (χ4v) is 4.28. The molecule has 2 aliphatic rings. The summed E-state index contributed by atoms with van der Waals surface area (Å²) in [5, 5.41) is 19.2. The number of aliphatic hydroxyl groups excluding tert-OH is 2. The molecule has 2 heteroatoms. The molecule has 0 aromatic rings. The normalized spacial score (nSPS) is 38.4. The lowest BCUT2D eigenvalue weighted by molar-refractivity contribution is 0.00999. The van der Waals surface area contributed by atoms with Crippen molar-refractivity contribution < 1.29 is 10.2 Å². The van der Waals surface area contributed by atoms with E-state index in [0.29, 0.717) is 5.92 Å². The Morgan fingerprint density at radius 2 is 1.25 bits per heavy atom. The lowest BCUT2D eigenvalue weighted by Crippen LogP contribution is -2.28. The topological polar surface area (TPSA) is 40.5 Å². The van der Waals surface area contributed by atoms with E-state index in [-0.39, 0.29) is 0 Å². The molecule has 2 atom stereocenters. The first-order valence-electron chi connectivity index (χ1n) is 8.90. The Morgan fingerprint density at radius 1 is 0.800 bits per heavy atom. The molecule has 0 heterocycles. The van der Waals surface area contributed by atoms with Crippen molar-refractivity contribution in [3.63, 3.8) is 0 Å². The van der Waals surface area contributed by atoms with Gasteiger partial charge in [0.2, 0.25) is 0 Å². The van der Waals surface area contributed by atoms with Gasteiger partial charge in [-0.1, -0.05) is 58.3 Å². The van der Waals surface area contributed by atoms with Crippen LogP contribution < -0.4 is 0 Å². The summed E-state index contributed by atoms with van der Waals surface area (Å²) in [7, 11) is 0. The minimum absolute atomic E-state index is 0.517. The number of hydrogen-bond acceptors (Lipinski definition) is 2. The first kappa shape index (κ1) is 16.3. The summed E-state index contributed by atoms with van der Waals surface area (Å²) in [6, 6.07) is 0. The Kier molecular flexibility index (Phi) is 6.35. The van der Waals surface area contributed by atoms with Gasteiger partial charge < -0.3 is 10.2 Å². The van der Waals surface area contributed by atoms with Crippen molar-refractivity contribution >= 4 is 0 Å². The Hall–Kier alpha value is -0.0800. The van der Waals surface area contributed by atoms with E-state index in [0.717, 1.165) is 24.2 Å². The van der Waals surface area contributed by atoms with E-state index in [4.69, 9.17) is 0 Å². The molecule has 118 valence electrons. The zero-order valence-electron chi connectivity index (χ0n) is 13.4. The van der Waals surface area contributed by atoms with Gasteiger partial charge in [0.1, 0.15) is 0 Å². The third kappa shape index (κ3) is 5.04. The molecule has 2 aliphatic carbocycles.